The Kier molecular flexibility index (Phi) is 3.13. The summed E-state index contributed by atoms with van der Waals surface area (Å²) in [5.74, 6) is 0.0359. The summed E-state index contributed by atoms with van der Waals surface area (Å²) in [6.45, 7) is 4.07. The highest BCUT2D eigenvalue weighted by atomic mass is 16.2. The molecule has 0 spiro atoms. The average molecular weight is 218 g/mol. The van der Waals surface area contributed by atoms with Gasteiger partial charge < -0.3 is 10.6 Å². The van der Waals surface area contributed by atoms with Gasteiger partial charge in [-0.1, -0.05) is 19.4 Å². The van der Waals surface area contributed by atoms with Gasteiger partial charge in [0, 0.05) is 0 Å². The average Bonchev–Trinajstić information content (AvgIpc) is 2.28. The van der Waals surface area contributed by atoms with Gasteiger partial charge in [0.15, 0.2) is 0 Å². The summed E-state index contributed by atoms with van der Waals surface area (Å²) in [6, 6.07) is 6.07. The highest BCUT2D eigenvalue weighted by Gasteiger charge is 2.20. The van der Waals surface area contributed by atoms with Crippen LogP contribution in [0.2, 0.25) is 0 Å². The van der Waals surface area contributed by atoms with Crippen LogP contribution in [0.15, 0.2) is 18.2 Å². The molecule has 0 bridgehead atoms. The third-order valence-corrected chi connectivity index (χ3v) is 2.93. The van der Waals surface area contributed by atoms with Crippen LogP contribution in [0.1, 0.15) is 32.3 Å². The van der Waals surface area contributed by atoms with E-state index >= 15 is 0 Å². The highest BCUT2D eigenvalue weighted by molar-refractivity contribution is 6.02. The Bertz CT molecular complexity index is 401. The predicted octanol–water partition coefficient (Wildman–Crippen LogP) is 2.78. The van der Waals surface area contributed by atoms with E-state index in [4.69, 9.17) is 0 Å². The molecule has 1 unspecified atom stereocenters. The Morgan fingerprint density at radius 1 is 1.31 bits per heavy atom. The predicted molar refractivity (Wildman–Crippen MR) is 66.8 cm³/mol. The van der Waals surface area contributed by atoms with Gasteiger partial charge in [0.05, 0.1) is 11.4 Å². The number of anilines is 2. The molecular weight excluding hydrogens is 200 g/mol. The Morgan fingerprint density at radius 2 is 2.12 bits per heavy atom. The molecule has 2 N–H and O–H groups in total. The molecule has 0 saturated heterocycles. The lowest BCUT2D eigenvalue weighted by Crippen LogP contribution is -2.36. The van der Waals surface area contributed by atoms with Crippen molar-refractivity contribution in [2.75, 3.05) is 10.6 Å². The van der Waals surface area contributed by atoms with Gasteiger partial charge in [-0.05, 0) is 37.5 Å². The first-order valence-corrected chi connectivity index (χ1v) is 5.91. The number of carbonyl (C=O) groups is 1. The van der Waals surface area contributed by atoms with E-state index in [-0.39, 0.29) is 11.9 Å². The minimum Gasteiger partial charge on any atom is -0.372 e. The smallest absolute Gasteiger partial charge is 0.246 e. The third-order valence-electron chi connectivity index (χ3n) is 2.93. The van der Waals surface area contributed by atoms with Crippen molar-refractivity contribution in [3.8, 4) is 0 Å². The minimum absolute atomic E-state index is 0.0359. The molecule has 1 aromatic carbocycles. The Labute approximate surface area is 96.2 Å². The lowest BCUT2D eigenvalue weighted by Gasteiger charge is -2.24. The van der Waals surface area contributed by atoms with Crippen LogP contribution in [0.4, 0.5) is 11.4 Å². The van der Waals surface area contributed by atoms with E-state index in [2.05, 4.69) is 29.7 Å². The first-order chi connectivity index (χ1) is 7.70. The molecule has 0 radical (unpaired) electrons. The maximum atomic E-state index is 11.4. The second kappa shape index (κ2) is 4.56. The van der Waals surface area contributed by atoms with E-state index in [9.17, 15) is 4.79 Å². The van der Waals surface area contributed by atoms with Crippen molar-refractivity contribution in [2.24, 2.45) is 0 Å². The van der Waals surface area contributed by atoms with Crippen LogP contribution in [0.5, 0.6) is 0 Å². The molecule has 1 aromatic rings. The zero-order chi connectivity index (χ0) is 11.5. The number of unbranched alkanes of at least 4 members (excludes halogenated alkanes) is 1. The topological polar surface area (TPSA) is 41.1 Å². The molecule has 1 heterocycles. The summed E-state index contributed by atoms with van der Waals surface area (Å²) in [7, 11) is 0. The summed E-state index contributed by atoms with van der Waals surface area (Å²) in [4.78, 5) is 11.4. The molecule has 86 valence electrons. The van der Waals surface area contributed by atoms with Crippen LogP contribution in [-0.4, -0.2) is 11.9 Å². The van der Waals surface area contributed by atoms with Crippen molar-refractivity contribution in [2.45, 2.75) is 39.2 Å². The molecule has 16 heavy (non-hydrogen) atoms. The fourth-order valence-electron chi connectivity index (χ4n) is 1.90. The lowest BCUT2D eigenvalue weighted by atomic mass is 10.0. The number of hydrogen-bond donors (Lipinski definition) is 2. The summed E-state index contributed by atoms with van der Waals surface area (Å²) in [5.41, 5.74) is 3.26. The van der Waals surface area contributed by atoms with Crippen molar-refractivity contribution in [3.05, 3.63) is 23.8 Å². The van der Waals surface area contributed by atoms with Gasteiger partial charge in [0.1, 0.15) is 6.04 Å². The Hall–Kier alpha value is -1.51. The molecule has 1 aliphatic rings. The third kappa shape index (κ3) is 2.18. The first kappa shape index (κ1) is 11.0. The minimum atomic E-state index is -0.145. The number of carbonyl (C=O) groups excluding carboxylic acids is 1. The Balaban J connectivity index is 2.19. The van der Waals surface area contributed by atoms with E-state index in [1.165, 1.54) is 18.4 Å². The molecule has 2 rings (SSSR count). The summed E-state index contributed by atoms with van der Waals surface area (Å²) < 4.78 is 0. The van der Waals surface area contributed by atoms with Gasteiger partial charge >= 0.3 is 0 Å². The van der Waals surface area contributed by atoms with Gasteiger partial charge in [0.2, 0.25) is 5.91 Å². The quantitative estimate of drug-likeness (QED) is 0.819. The van der Waals surface area contributed by atoms with Crippen LogP contribution < -0.4 is 10.6 Å². The van der Waals surface area contributed by atoms with Gasteiger partial charge in [-0.3, -0.25) is 4.79 Å². The molecule has 1 aliphatic heterocycles. The normalized spacial score (nSPS) is 18.6. The molecule has 1 amide bonds. The summed E-state index contributed by atoms with van der Waals surface area (Å²) >= 11 is 0. The number of aryl methyl sites for hydroxylation is 1. The second-order valence-electron chi connectivity index (χ2n) is 4.34. The largest absolute Gasteiger partial charge is 0.372 e. The number of amides is 1. The van der Waals surface area contributed by atoms with Crippen LogP contribution in [0.25, 0.3) is 0 Å². The van der Waals surface area contributed by atoms with E-state index in [0.717, 1.165) is 17.8 Å². The lowest BCUT2D eigenvalue weighted by molar-refractivity contribution is -0.116. The van der Waals surface area contributed by atoms with Crippen molar-refractivity contribution in [1.29, 1.82) is 0 Å². The van der Waals surface area contributed by atoms with Crippen LogP contribution in [-0.2, 0) is 11.2 Å². The maximum Gasteiger partial charge on any atom is 0.246 e. The van der Waals surface area contributed by atoms with Crippen LogP contribution in [0, 0.1) is 0 Å². The molecule has 0 fully saturated rings. The van der Waals surface area contributed by atoms with E-state index < -0.39 is 0 Å². The van der Waals surface area contributed by atoms with Crippen molar-refractivity contribution in [3.63, 3.8) is 0 Å². The van der Waals surface area contributed by atoms with Crippen molar-refractivity contribution < 1.29 is 4.79 Å². The number of rotatable bonds is 3. The molecular formula is C13H18N2O. The van der Waals surface area contributed by atoms with Crippen LogP contribution in [0.3, 0.4) is 0 Å². The SMILES string of the molecule is CCCCc1ccc2c(c1)NC(C)C(=O)N2. The molecule has 1 atom stereocenters. The molecule has 0 aliphatic carbocycles. The first-order valence-electron chi connectivity index (χ1n) is 5.91. The zero-order valence-corrected chi connectivity index (χ0v) is 9.84. The second-order valence-corrected chi connectivity index (χ2v) is 4.34. The summed E-state index contributed by atoms with van der Waals surface area (Å²) in [5, 5.41) is 6.11. The van der Waals surface area contributed by atoms with Gasteiger partial charge in [-0.15, -0.1) is 0 Å². The number of benzene rings is 1. The standard InChI is InChI=1S/C13H18N2O/c1-3-4-5-10-6-7-11-12(8-10)14-9(2)13(16)15-11/h6-9,14H,3-5H2,1-2H3,(H,15,16). The number of hydrogen-bond acceptors (Lipinski definition) is 2. The monoisotopic (exact) mass is 218 g/mol. The molecule has 3 heteroatoms. The molecule has 3 nitrogen and oxygen atoms in total. The molecule has 0 saturated carbocycles. The fourth-order valence-corrected chi connectivity index (χ4v) is 1.90. The van der Waals surface area contributed by atoms with Gasteiger partial charge in [-0.25, -0.2) is 0 Å². The number of fused-ring (bicyclic) bond motifs is 1. The fraction of sp³-hybridized carbons (Fsp3) is 0.462. The highest BCUT2D eigenvalue weighted by Crippen LogP contribution is 2.28. The van der Waals surface area contributed by atoms with Crippen LogP contribution >= 0.6 is 0 Å². The molecule has 0 aromatic heterocycles. The Morgan fingerprint density at radius 3 is 2.88 bits per heavy atom. The van der Waals surface area contributed by atoms with Gasteiger partial charge in [-0.2, -0.15) is 0 Å². The van der Waals surface area contributed by atoms with E-state index in [0.29, 0.717) is 0 Å². The summed E-state index contributed by atoms with van der Waals surface area (Å²) in [6.07, 6.45) is 3.52. The van der Waals surface area contributed by atoms with Crippen molar-refractivity contribution in [1.82, 2.24) is 0 Å². The zero-order valence-electron chi connectivity index (χ0n) is 9.84. The number of nitrogens with one attached hydrogen (secondary N) is 2. The van der Waals surface area contributed by atoms with E-state index in [1.807, 2.05) is 13.0 Å². The van der Waals surface area contributed by atoms with Crippen molar-refractivity contribution >= 4 is 17.3 Å². The maximum absolute atomic E-state index is 11.4. The van der Waals surface area contributed by atoms with Gasteiger partial charge in [0.25, 0.3) is 0 Å². The van der Waals surface area contributed by atoms with E-state index in [1.54, 1.807) is 0 Å².